The van der Waals surface area contributed by atoms with Crippen molar-refractivity contribution < 1.29 is 18.3 Å². The van der Waals surface area contributed by atoms with Gasteiger partial charge in [-0.05, 0) is 46.3 Å². The first-order valence-electron chi connectivity index (χ1n) is 5.51. The van der Waals surface area contributed by atoms with Gasteiger partial charge in [-0.1, -0.05) is 18.2 Å². The highest BCUT2D eigenvalue weighted by molar-refractivity contribution is 9.10. The van der Waals surface area contributed by atoms with Crippen LogP contribution in [0.15, 0.2) is 57.9 Å². The van der Waals surface area contributed by atoms with E-state index in [2.05, 4.69) is 20.7 Å². The van der Waals surface area contributed by atoms with Gasteiger partial charge >= 0.3 is 5.97 Å². The third-order valence-corrected chi connectivity index (χ3v) is 4.58. The van der Waals surface area contributed by atoms with Crippen molar-refractivity contribution in [2.75, 3.05) is 4.72 Å². The van der Waals surface area contributed by atoms with E-state index in [9.17, 15) is 13.2 Å². The Balaban J connectivity index is 2.39. The Kier molecular flexibility index (Phi) is 4.10. The standard InChI is InChI=1S/C13H10BrNO4S/c14-11-7-6-9(13(16)17)8-12(11)15-20(18,19)10-4-2-1-3-5-10/h1-8,15H,(H,16,17). The molecular weight excluding hydrogens is 346 g/mol. The molecule has 2 aromatic carbocycles. The number of anilines is 1. The summed E-state index contributed by atoms with van der Waals surface area (Å²) in [6.45, 7) is 0. The summed E-state index contributed by atoms with van der Waals surface area (Å²) in [6.07, 6.45) is 0. The second-order valence-corrected chi connectivity index (χ2v) is 6.46. The summed E-state index contributed by atoms with van der Waals surface area (Å²) < 4.78 is 27.1. The number of carboxylic acid groups (broad SMARTS) is 1. The molecule has 0 spiro atoms. The summed E-state index contributed by atoms with van der Waals surface area (Å²) in [5.41, 5.74) is 0.174. The maximum Gasteiger partial charge on any atom is 0.335 e. The molecule has 2 N–H and O–H groups in total. The fraction of sp³-hybridized carbons (Fsp3) is 0. The number of aromatic carboxylic acids is 1. The third-order valence-electron chi connectivity index (χ3n) is 2.51. The minimum absolute atomic E-state index is 0.000961. The van der Waals surface area contributed by atoms with Gasteiger partial charge in [0.1, 0.15) is 0 Å². The van der Waals surface area contributed by atoms with E-state index in [1.807, 2.05) is 0 Å². The van der Waals surface area contributed by atoms with Crippen molar-refractivity contribution >= 4 is 37.6 Å². The Bertz CT molecular complexity index is 744. The predicted molar refractivity (Wildman–Crippen MR) is 78.4 cm³/mol. The van der Waals surface area contributed by atoms with Crippen LogP contribution in [0.1, 0.15) is 10.4 Å². The van der Waals surface area contributed by atoms with E-state index >= 15 is 0 Å². The fourth-order valence-electron chi connectivity index (χ4n) is 1.54. The molecule has 0 aliphatic rings. The SMILES string of the molecule is O=C(O)c1ccc(Br)c(NS(=O)(=O)c2ccccc2)c1. The van der Waals surface area contributed by atoms with Crippen LogP contribution in [0.25, 0.3) is 0 Å². The van der Waals surface area contributed by atoms with E-state index < -0.39 is 16.0 Å². The van der Waals surface area contributed by atoms with Gasteiger partial charge in [0.25, 0.3) is 10.0 Å². The quantitative estimate of drug-likeness (QED) is 0.882. The zero-order valence-corrected chi connectivity index (χ0v) is 12.5. The van der Waals surface area contributed by atoms with Crippen LogP contribution < -0.4 is 4.72 Å². The molecular formula is C13H10BrNO4S. The molecule has 0 radical (unpaired) electrons. The van der Waals surface area contributed by atoms with Crippen molar-refractivity contribution in [3.8, 4) is 0 Å². The van der Waals surface area contributed by atoms with Crippen molar-refractivity contribution in [1.29, 1.82) is 0 Å². The molecule has 0 aromatic heterocycles. The smallest absolute Gasteiger partial charge is 0.335 e. The Labute approximate surface area is 124 Å². The third kappa shape index (κ3) is 3.17. The zero-order chi connectivity index (χ0) is 14.8. The van der Waals surface area contributed by atoms with Gasteiger partial charge < -0.3 is 5.11 Å². The number of carboxylic acids is 1. The first-order valence-corrected chi connectivity index (χ1v) is 7.78. The summed E-state index contributed by atoms with van der Waals surface area (Å²) >= 11 is 3.18. The lowest BCUT2D eigenvalue weighted by atomic mass is 10.2. The van der Waals surface area contributed by atoms with Crippen LogP contribution in [0.3, 0.4) is 0 Å². The number of benzene rings is 2. The molecule has 0 aliphatic carbocycles. The first kappa shape index (κ1) is 14.5. The van der Waals surface area contributed by atoms with Gasteiger partial charge in [-0.15, -0.1) is 0 Å². The molecule has 0 saturated heterocycles. The molecule has 0 amide bonds. The van der Waals surface area contributed by atoms with E-state index in [-0.39, 0.29) is 16.1 Å². The lowest BCUT2D eigenvalue weighted by Gasteiger charge is -2.10. The number of hydrogen-bond donors (Lipinski definition) is 2. The van der Waals surface area contributed by atoms with Crippen molar-refractivity contribution in [2.24, 2.45) is 0 Å². The first-order chi connectivity index (χ1) is 9.40. The van der Waals surface area contributed by atoms with Crippen LogP contribution in [0.5, 0.6) is 0 Å². The van der Waals surface area contributed by atoms with Gasteiger partial charge in [-0.25, -0.2) is 13.2 Å². The molecule has 104 valence electrons. The zero-order valence-electron chi connectivity index (χ0n) is 10.1. The number of rotatable bonds is 4. The molecule has 0 fully saturated rings. The number of hydrogen-bond acceptors (Lipinski definition) is 3. The molecule has 0 atom stereocenters. The number of halogens is 1. The monoisotopic (exact) mass is 355 g/mol. The molecule has 2 aromatic rings. The van der Waals surface area contributed by atoms with Crippen molar-refractivity contribution in [2.45, 2.75) is 4.90 Å². The van der Waals surface area contributed by atoms with Crippen molar-refractivity contribution in [3.63, 3.8) is 0 Å². The Morgan fingerprint density at radius 1 is 1.10 bits per heavy atom. The van der Waals surface area contributed by atoms with Crippen LogP contribution in [-0.4, -0.2) is 19.5 Å². The summed E-state index contributed by atoms with van der Waals surface area (Å²) in [5.74, 6) is -1.13. The van der Waals surface area contributed by atoms with Gasteiger partial charge in [0.05, 0.1) is 16.1 Å². The van der Waals surface area contributed by atoms with Gasteiger partial charge in [0.15, 0.2) is 0 Å². The van der Waals surface area contributed by atoms with Gasteiger partial charge in [-0.3, -0.25) is 4.72 Å². The average molecular weight is 356 g/mol. The molecule has 2 rings (SSSR count). The fourth-order valence-corrected chi connectivity index (χ4v) is 3.11. The Morgan fingerprint density at radius 3 is 2.35 bits per heavy atom. The molecule has 0 saturated carbocycles. The number of nitrogens with one attached hydrogen (secondary N) is 1. The second-order valence-electron chi connectivity index (χ2n) is 3.92. The summed E-state index contributed by atoms with van der Waals surface area (Å²) in [6, 6.07) is 12.0. The maximum absolute atomic E-state index is 12.2. The second kappa shape index (κ2) is 5.64. The summed E-state index contributed by atoms with van der Waals surface area (Å²) in [5, 5.41) is 8.92. The van der Waals surface area contributed by atoms with Gasteiger partial charge in [-0.2, -0.15) is 0 Å². The Hall–Kier alpha value is -1.86. The minimum Gasteiger partial charge on any atom is -0.478 e. The largest absolute Gasteiger partial charge is 0.478 e. The Morgan fingerprint density at radius 2 is 1.75 bits per heavy atom. The molecule has 7 heteroatoms. The summed E-state index contributed by atoms with van der Waals surface area (Å²) in [7, 11) is -3.75. The van der Waals surface area contributed by atoms with E-state index in [4.69, 9.17) is 5.11 Å². The average Bonchev–Trinajstić information content (AvgIpc) is 2.42. The normalized spacial score (nSPS) is 11.1. The van der Waals surface area contributed by atoms with Crippen molar-refractivity contribution in [3.05, 3.63) is 58.6 Å². The molecule has 0 aliphatic heterocycles. The molecule has 0 unspecified atom stereocenters. The molecule has 5 nitrogen and oxygen atoms in total. The van der Waals surface area contributed by atoms with Crippen molar-refractivity contribution in [1.82, 2.24) is 0 Å². The minimum atomic E-state index is -3.75. The predicted octanol–water partition coefficient (Wildman–Crippen LogP) is 2.95. The number of carbonyl (C=O) groups is 1. The molecule has 0 bridgehead atoms. The highest BCUT2D eigenvalue weighted by Gasteiger charge is 2.16. The van der Waals surface area contributed by atoms with E-state index in [0.29, 0.717) is 4.47 Å². The highest BCUT2D eigenvalue weighted by Crippen LogP contribution is 2.26. The van der Waals surface area contributed by atoms with E-state index in [1.165, 1.54) is 30.3 Å². The number of sulfonamides is 1. The molecule has 20 heavy (non-hydrogen) atoms. The van der Waals surface area contributed by atoms with Crippen LogP contribution >= 0.6 is 15.9 Å². The highest BCUT2D eigenvalue weighted by atomic mass is 79.9. The van der Waals surface area contributed by atoms with E-state index in [0.717, 1.165) is 0 Å². The lowest BCUT2D eigenvalue weighted by molar-refractivity contribution is 0.0697. The molecule has 0 heterocycles. The summed E-state index contributed by atoms with van der Waals surface area (Å²) in [4.78, 5) is 11.0. The van der Waals surface area contributed by atoms with Gasteiger partial charge in [0.2, 0.25) is 0 Å². The lowest BCUT2D eigenvalue weighted by Crippen LogP contribution is -2.13. The van der Waals surface area contributed by atoms with E-state index in [1.54, 1.807) is 18.2 Å². The van der Waals surface area contributed by atoms with Crippen LogP contribution in [0, 0.1) is 0 Å². The van der Waals surface area contributed by atoms with Crippen LogP contribution in [0.2, 0.25) is 0 Å². The van der Waals surface area contributed by atoms with Gasteiger partial charge in [0, 0.05) is 4.47 Å². The van der Waals surface area contributed by atoms with Crippen LogP contribution in [-0.2, 0) is 10.0 Å². The maximum atomic E-state index is 12.2. The topological polar surface area (TPSA) is 83.5 Å². The van der Waals surface area contributed by atoms with Crippen LogP contribution in [0.4, 0.5) is 5.69 Å².